The van der Waals surface area contributed by atoms with Gasteiger partial charge >= 0.3 is 0 Å². The SMILES string of the molecule is CC1=C2C(=O)CCCC2C(C)([N+](=O)[O-])C/C1=C\c1ccccc1. The molecule has 2 aliphatic carbocycles. The first kappa shape index (κ1) is 15.7. The van der Waals surface area contributed by atoms with Crippen LogP contribution in [-0.2, 0) is 4.79 Å². The van der Waals surface area contributed by atoms with Crippen LogP contribution in [-0.4, -0.2) is 16.2 Å². The number of ketones is 1. The molecule has 0 aromatic heterocycles. The molecule has 0 aliphatic heterocycles. The average molecular weight is 311 g/mol. The van der Waals surface area contributed by atoms with Crippen molar-refractivity contribution in [3.8, 4) is 0 Å². The molecular formula is C19H21NO3. The Morgan fingerprint density at radius 2 is 2.00 bits per heavy atom. The fourth-order valence-corrected chi connectivity index (χ4v) is 3.95. The van der Waals surface area contributed by atoms with E-state index < -0.39 is 5.54 Å². The number of benzene rings is 1. The normalized spacial score (nSPS) is 29.6. The Morgan fingerprint density at radius 1 is 1.30 bits per heavy atom. The molecule has 4 nitrogen and oxygen atoms in total. The first-order valence-electron chi connectivity index (χ1n) is 8.08. The summed E-state index contributed by atoms with van der Waals surface area (Å²) in [5.74, 6) is -0.169. The average Bonchev–Trinajstić information content (AvgIpc) is 2.53. The Kier molecular flexibility index (Phi) is 3.92. The predicted octanol–water partition coefficient (Wildman–Crippen LogP) is 4.19. The Hall–Kier alpha value is -2.23. The first-order valence-corrected chi connectivity index (χ1v) is 8.08. The number of nitro groups is 1. The molecule has 0 amide bonds. The van der Waals surface area contributed by atoms with Gasteiger partial charge in [-0.3, -0.25) is 14.9 Å². The number of Topliss-reactive ketones (excluding diaryl/α,β-unsaturated/α-hetero) is 1. The highest BCUT2D eigenvalue weighted by atomic mass is 16.6. The second-order valence-electron chi connectivity index (χ2n) is 6.78. The summed E-state index contributed by atoms with van der Waals surface area (Å²) in [7, 11) is 0. The Morgan fingerprint density at radius 3 is 2.65 bits per heavy atom. The molecule has 0 bridgehead atoms. The topological polar surface area (TPSA) is 60.2 Å². The van der Waals surface area contributed by atoms with Gasteiger partial charge in [0.05, 0.1) is 5.92 Å². The van der Waals surface area contributed by atoms with E-state index in [0.717, 1.165) is 29.6 Å². The Balaban J connectivity index is 2.15. The van der Waals surface area contributed by atoms with Gasteiger partial charge in [0.2, 0.25) is 5.54 Å². The molecule has 1 aromatic carbocycles. The lowest BCUT2D eigenvalue weighted by molar-refractivity contribution is -0.574. The van der Waals surface area contributed by atoms with Gasteiger partial charge in [0, 0.05) is 30.3 Å². The van der Waals surface area contributed by atoms with Crippen molar-refractivity contribution in [3.63, 3.8) is 0 Å². The maximum atomic E-state index is 12.4. The standard InChI is InChI=1S/C19H21NO3/c1-13-15(11-14-7-4-3-5-8-14)12-19(2,20(22)23)16-9-6-10-17(21)18(13)16/h3-5,7-8,11,16H,6,9-10,12H2,1-2H3/b15-11+. The van der Waals surface area contributed by atoms with Gasteiger partial charge in [-0.1, -0.05) is 36.4 Å². The van der Waals surface area contributed by atoms with Crippen molar-refractivity contribution in [3.05, 3.63) is 62.7 Å². The van der Waals surface area contributed by atoms with E-state index in [1.165, 1.54) is 0 Å². The smallest absolute Gasteiger partial charge is 0.230 e. The van der Waals surface area contributed by atoms with Gasteiger partial charge in [-0.15, -0.1) is 0 Å². The fourth-order valence-electron chi connectivity index (χ4n) is 3.95. The van der Waals surface area contributed by atoms with Gasteiger partial charge in [-0.25, -0.2) is 0 Å². The molecule has 2 aliphatic rings. The molecule has 1 saturated carbocycles. The monoisotopic (exact) mass is 311 g/mol. The summed E-state index contributed by atoms with van der Waals surface area (Å²) in [6, 6.07) is 9.78. The van der Waals surface area contributed by atoms with E-state index in [-0.39, 0.29) is 16.6 Å². The van der Waals surface area contributed by atoms with E-state index in [0.29, 0.717) is 18.4 Å². The minimum atomic E-state index is -1.09. The highest BCUT2D eigenvalue weighted by molar-refractivity contribution is 5.99. The first-order chi connectivity index (χ1) is 10.9. The van der Waals surface area contributed by atoms with E-state index in [2.05, 4.69) is 0 Å². The lowest BCUT2D eigenvalue weighted by atomic mass is 9.63. The molecular weight excluding hydrogens is 290 g/mol. The molecule has 23 heavy (non-hydrogen) atoms. The maximum absolute atomic E-state index is 12.4. The number of carbonyl (C=O) groups is 1. The van der Waals surface area contributed by atoms with Gasteiger partial charge in [-0.05, 0) is 36.5 Å². The lowest BCUT2D eigenvalue weighted by Gasteiger charge is -2.39. The third kappa shape index (κ3) is 2.62. The fraction of sp³-hybridized carbons (Fsp3) is 0.421. The Bertz CT molecular complexity index is 717. The molecule has 120 valence electrons. The van der Waals surface area contributed by atoms with E-state index in [9.17, 15) is 14.9 Å². The van der Waals surface area contributed by atoms with Crippen LogP contribution in [0.2, 0.25) is 0 Å². The molecule has 0 N–H and O–H groups in total. The van der Waals surface area contributed by atoms with Crippen molar-refractivity contribution in [2.24, 2.45) is 5.92 Å². The van der Waals surface area contributed by atoms with Crippen LogP contribution in [0.5, 0.6) is 0 Å². The highest BCUT2D eigenvalue weighted by Gasteiger charge is 2.53. The zero-order valence-corrected chi connectivity index (χ0v) is 13.5. The molecule has 4 heteroatoms. The van der Waals surface area contributed by atoms with Crippen LogP contribution >= 0.6 is 0 Å². The van der Waals surface area contributed by atoms with E-state index in [1.54, 1.807) is 6.92 Å². The number of hydrogen-bond acceptors (Lipinski definition) is 3. The second kappa shape index (κ2) is 5.76. The lowest BCUT2D eigenvalue weighted by Crippen LogP contribution is -2.49. The van der Waals surface area contributed by atoms with Gasteiger partial charge in [0.15, 0.2) is 5.78 Å². The highest BCUT2D eigenvalue weighted by Crippen LogP contribution is 2.48. The molecule has 0 spiro atoms. The number of rotatable bonds is 2. The summed E-state index contributed by atoms with van der Waals surface area (Å²) in [5, 5.41) is 11.8. The molecule has 3 rings (SSSR count). The third-order valence-corrected chi connectivity index (χ3v) is 5.29. The van der Waals surface area contributed by atoms with Crippen molar-refractivity contribution in [1.82, 2.24) is 0 Å². The minimum Gasteiger partial charge on any atom is -0.295 e. The molecule has 0 radical (unpaired) electrons. The summed E-state index contributed by atoms with van der Waals surface area (Å²) < 4.78 is 0. The zero-order chi connectivity index (χ0) is 16.6. The van der Waals surface area contributed by atoms with Gasteiger partial charge in [0.25, 0.3) is 0 Å². The van der Waals surface area contributed by atoms with Crippen LogP contribution in [0.1, 0.15) is 45.1 Å². The molecule has 1 fully saturated rings. The van der Waals surface area contributed by atoms with Crippen LogP contribution in [0.3, 0.4) is 0 Å². The molecule has 0 heterocycles. The van der Waals surface area contributed by atoms with Crippen LogP contribution in [0, 0.1) is 16.0 Å². The largest absolute Gasteiger partial charge is 0.295 e. The van der Waals surface area contributed by atoms with E-state index in [1.807, 2.05) is 43.3 Å². The summed E-state index contributed by atoms with van der Waals surface area (Å²) >= 11 is 0. The molecule has 2 unspecified atom stereocenters. The quantitative estimate of drug-likeness (QED) is 0.607. The molecule has 1 aromatic rings. The number of fused-ring (bicyclic) bond motifs is 1. The third-order valence-electron chi connectivity index (χ3n) is 5.29. The second-order valence-corrected chi connectivity index (χ2v) is 6.78. The Labute approximate surface area is 136 Å². The van der Waals surface area contributed by atoms with E-state index in [4.69, 9.17) is 0 Å². The molecule has 0 saturated heterocycles. The predicted molar refractivity (Wildman–Crippen MR) is 89.5 cm³/mol. The van der Waals surface area contributed by atoms with Gasteiger partial charge < -0.3 is 0 Å². The van der Waals surface area contributed by atoms with Crippen molar-refractivity contribution in [2.75, 3.05) is 0 Å². The number of allylic oxidation sites excluding steroid dienone is 1. The molecule has 2 atom stereocenters. The van der Waals surface area contributed by atoms with Crippen molar-refractivity contribution >= 4 is 11.9 Å². The maximum Gasteiger partial charge on any atom is 0.230 e. The minimum absolute atomic E-state index is 0.0884. The summed E-state index contributed by atoms with van der Waals surface area (Å²) in [6.45, 7) is 3.64. The van der Waals surface area contributed by atoms with Crippen molar-refractivity contribution in [1.29, 1.82) is 0 Å². The number of carbonyl (C=O) groups excluding carboxylic acids is 1. The summed E-state index contributed by atoms with van der Waals surface area (Å²) in [6.07, 6.45) is 4.36. The summed E-state index contributed by atoms with van der Waals surface area (Å²) in [5.41, 5.74) is 2.48. The summed E-state index contributed by atoms with van der Waals surface area (Å²) in [4.78, 5) is 24.0. The van der Waals surface area contributed by atoms with E-state index >= 15 is 0 Å². The zero-order valence-electron chi connectivity index (χ0n) is 13.5. The van der Waals surface area contributed by atoms with Gasteiger partial charge in [0.1, 0.15) is 0 Å². The van der Waals surface area contributed by atoms with Crippen molar-refractivity contribution < 1.29 is 9.72 Å². The number of hydrogen-bond donors (Lipinski definition) is 0. The van der Waals surface area contributed by atoms with Crippen molar-refractivity contribution in [2.45, 2.75) is 45.1 Å². The van der Waals surface area contributed by atoms with Gasteiger partial charge in [-0.2, -0.15) is 0 Å². The van der Waals surface area contributed by atoms with Crippen LogP contribution < -0.4 is 0 Å². The van der Waals surface area contributed by atoms with Crippen LogP contribution in [0.15, 0.2) is 47.1 Å². The van der Waals surface area contributed by atoms with Crippen LogP contribution in [0.25, 0.3) is 6.08 Å². The van der Waals surface area contributed by atoms with Crippen LogP contribution in [0.4, 0.5) is 0 Å². The number of nitrogens with zero attached hydrogens (tertiary/aromatic N) is 1.